The van der Waals surface area contributed by atoms with Gasteiger partial charge in [0, 0.05) is 6.04 Å². The number of hydrogen-bond donors (Lipinski definition) is 2. The molecule has 0 amide bonds. The van der Waals surface area contributed by atoms with E-state index in [2.05, 4.69) is 4.72 Å². The Kier molecular flexibility index (Phi) is 3.23. The summed E-state index contributed by atoms with van der Waals surface area (Å²) in [5, 5.41) is 4.92. The molecule has 0 aliphatic carbocycles. The molecule has 1 atom stereocenters. The highest BCUT2D eigenvalue weighted by atomic mass is 32.2. The van der Waals surface area contributed by atoms with Crippen molar-refractivity contribution in [2.45, 2.75) is 13.0 Å². The summed E-state index contributed by atoms with van der Waals surface area (Å²) in [6.45, 7) is 2.72. The van der Waals surface area contributed by atoms with Gasteiger partial charge in [0.25, 0.3) is 10.2 Å². The van der Waals surface area contributed by atoms with Crippen LogP contribution in [-0.4, -0.2) is 21.6 Å². The Hall–Kier alpha value is -1.31. The minimum absolute atomic E-state index is 0.416. The van der Waals surface area contributed by atoms with Crippen LogP contribution in [-0.2, 0) is 10.2 Å². The molecule has 0 bridgehead atoms. The maximum atomic E-state index is 10.9. The van der Waals surface area contributed by atoms with Gasteiger partial charge in [-0.25, -0.2) is 5.14 Å². The van der Waals surface area contributed by atoms with Crippen molar-refractivity contribution in [3.8, 4) is 11.5 Å². The Morgan fingerprint density at radius 3 is 2.59 bits per heavy atom. The van der Waals surface area contributed by atoms with E-state index in [0.29, 0.717) is 24.7 Å². The monoisotopic (exact) mass is 258 g/mol. The van der Waals surface area contributed by atoms with Crippen molar-refractivity contribution >= 4 is 10.2 Å². The summed E-state index contributed by atoms with van der Waals surface area (Å²) in [5.41, 5.74) is 0.767. The lowest BCUT2D eigenvalue weighted by atomic mass is 10.1. The van der Waals surface area contributed by atoms with Gasteiger partial charge in [-0.2, -0.15) is 13.1 Å². The summed E-state index contributed by atoms with van der Waals surface area (Å²) >= 11 is 0. The van der Waals surface area contributed by atoms with E-state index in [9.17, 15) is 8.42 Å². The first-order valence-corrected chi connectivity index (χ1v) is 6.70. The van der Waals surface area contributed by atoms with Crippen LogP contribution in [0.5, 0.6) is 11.5 Å². The van der Waals surface area contributed by atoms with Crippen molar-refractivity contribution in [2.75, 3.05) is 13.2 Å². The molecule has 1 heterocycles. The molecule has 0 aromatic heterocycles. The van der Waals surface area contributed by atoms with E-state index in [-0.39, 0.29) is 0 Å². The largest absolute Gasteiger partial charge is 0.486 e. The molecule has 3 N–H and O–H groups in total. The van der Waals surface area contributed by atoms with Crippen molar-refractivity contribution in [3.63, 3.8) is 0 Å². The maximum Gasteiger partial charge on any atom is 0.274 e. The average molecular weight is 258 g/mol. The van der Waals surface area contributed by atoms with Crippen LogP contribution >= 0.6 is 0 Å². The highest BCUT2D eigenvalue weighted by Crippen LogP contribution is 2.32. The topological polar surface area (TPSA) is 90.7 Å². The normalized spacial score (nSPS) is 16.6. The molecule has 1 aromatic carbocycles. The van der Waals surface area contributed by atoms with Gasteiger partial charge in [-0.05, 0) is 24.6 Å². The zero-order chi connectivity index (χ0) is 12.5. The molecular weight excluding hydrogens is 244 g/mol. The number of rotatable bonds is 3. The Balaban J connectivity index is 2.22. The van der Waals surface area contributed by atoms with Crippen LogP contribution < -0.4 is 19.3 Å². The standard InChI is InChI=1S/C10H14N2O4S/c1-7(12-17(11,13)14)8-2-3-9-10(6-8)16-5-4-15-9/h2-3,6-7,12H,4-5H2,1H3,(H2,11,13,14). The number of benzene rings is 1. The second kappa shape index (κ2) is 4.52. The third-order valence-corrected chi connectivity index (χ3v) is 3.09. The molecule has 0 fully saturated rings. The minimum atomic E-state index is -3.71. The number of fused-ring (bicyclic) bond motifs is 1. The van der Waals surface area contributed by atoms with Gasteiger partial charge in [-0.3, -0.25) is 0 Å². The Labute approximate surface area is 99.9 Å². The van der Waals surface area contributed by atoms with E-state index >= 15 is 0 Å². The van der Waals surface area contributed by atoms with Crippen LogP contribution in [0.15, 0.2) is 18.2 Å². The molecule has 1 aromatic rings. The van der Waals surface area contributed by atoms with Crippen molar-refractivity contribution < 1.29 is 17.9 Å². The molecule has 0 saturated heterocycles. The van der Waals surface area contributed by atoms with Gasteiger partial charge < -0.3 is 9.47 Å². The van der Waals surface area contributed by atoms with Crippen LogP contribution in [0.25, 0.3) is 0 Å². The van der Waals surface area contributed by atoms with E-state index in [4.69, 9.17) is 14.6 Å². The van der Waals surface area contributed by atoms with Gasteiger partial charge in [0.1, 0.15) is 13.2 Å². The predicted molar refractivity (Wildman–Crippen MR) is 62.1 cm³/mol. The first-order valence-electron chi connectivity index (χ1n) is 5.15. The fourth-order valence-corrected chi connectivity index (χ4v) is 2.27. The number of nitrogens with two attached hydrogens (primary N) is 1. The van der Waals surface area contributed by atoms with E-state index in [1.165, 1.54) is 0 Å². The predicted octanol–water partition coefficient (Wildman–Crippen LogP) is 0.312. The average Bonchev–Trinajstić information content (AvgIpc) is 2.26. The van der Waals surface area contributed by atoms with E-state index in [0.717, 1.165) is 5.56 Å². The molecule has 94 valence electrons. The molecule has 0 saturated carbocycles. The molecule has 1 aliphatic rings. The highest BCUT2D eigenvalue weighted by molar-refractivity contribution is 7.87. The Morgan fingerprint density at radius 1 is 1.29 bits per heavy atom. The molecule has 6 nitrogen and oxygen atoms in total. The van der Waals surface area contributed by atoms with Crippen LogP contribution in [0.2, 0.25) is 0 Å². The van der Waals surface area contributed by atoms with Gasteiger partial charge in [-0.1, -0.05) is 6.07 Å². The molecule has 1 aliphatic heterocycles. The molecule has 7 heteroatoms. The van der Waals surface area contributed by atoms with Crippen molar-refractivity contribution in [2.24, 2.45) is 5.14 Å². The first kappa shape index (κ1) is 12.2. The number of nitrogens with one attached hydrogen (secondary N) is 1. The van der Waals surface area contributed by atoms with E-state index in [1.807, 2.05) is 0 Å². The lowest BCUT2D eigenvalue weighted by Gasteiger charge is -2.20. The van der Waals surface area contributed by atoms with Gasteiger partial charge in [0.2, 0.25) is 0 Å². The quantitative estimate of drug-likeness (QED) is 0.816. The first-order chi connectivity index (χ1) is 7.96. The smallest absolute Gasteiger partial charge is 0.274 e. The summed E-state index contributed by atoms with van der Waals surface area (Å²) < 4.78 is 34.9. The molecule has 1 unspecified atom stereocenters. The lowest BCUT2D eigenvalue weighted by Crippen LogP contribution is -2.33. The van der Waals surface area contributed by atoms with Gasteiger partial charge >= 0.3 is 0 Å². The zero-order valence-electron chi connectivity index (χ0n) is 9.34. The minimum Gasteiger partial charge on any atom is -0.486 e. The van der Waals surface area contributed by atoms with Crippen LogP contribution in [0.1, 0.15) is 18.5 Å². The summed E-state index contributed by atoms with van der Waals surface area (Å²) in [6.07, 6.45) is 0. The molecule has 17 heavy (non-hydrogen) atoms. The van der Waals surface area contributed by atoms with Crippen molar-refractivity contribution in [1.82, 2.24) is 4.72 Å². The summed E-state index contributed by atoms with van der Waals surface area (Å²) in [7, 11) is -3.71. The fourth-order valence-electron chi connectivity index (χ4n) is 1.64. The van der Waals surface area contributed by atoms with Gasteiger partial charge in [0.05, 0.1) is 0 Å². The van der Waals surface area contributed by atoms with Crippen molar-refractivity contribution in [3.05, 3.63) is 23.8 Å². The second-order valence-electron chi connectivity index (χ2n) is 3.79. The van der Waals surface area contributed by atoms with Gasteiger partial charge in [0.15, 0.2) is 11.5 Å². The van der Waals surface area contributed by atoms with Crippen LogP contribution in [0.4, 0.5) is 0 Å². The summed E-state index contributed by atoms with van der Waals surface area (Å²) in [6, 6.07) is 4.86. The molecular formula is C10H14N2O4S. The SMILES string of the molecule is CC(NS(N)(=O)=O)c1ccc2c(c1)OCCO2. The second-order valence-corrected chi connectivity index (χ2v) is 5.11. The number of ether oxygens (including phenoxy) is 2. The zero-order valence-corrected chi connectivity index (χ0v) is 10.2. The maximum absolute atomic E-state index is 10.9. The highest BCUT2D eigenvalue weighted by Gasteiger charge is 2.16. The third kappa shape index (κ3) is 3.09. The lowest BCUT2D eigenvalue weighted by molar-refractivity contribution is 0.171. The fraction of sp³-hybridized carbons (Fsp3) is 0.400. The van der Waals surface area contributed by atoms with Gasteiger partial charge in [-0.15, -0.1) is 0 Å². The number of hydrogen-bond acceptors (Lipinski definition) is 4. The van der Waals surface area contributed by atoms with E-state index in [1.54, 1.807) is 25.1 Å². The van der Waals surface area contributed by atoms with Crippen LogP contribution in [0.3, 0.4) is 0 Å². The van der Waals surface area contributed by atoms with E-state index < -0.39 is 16.3 Å². The molecule has 2 rings (SSSR count). The Morgan fingerprint density at radius 2 is 1.94 bits per heavy atom. The molecule has 0 radical (unpaired) electrons. The summed E-state index contributed by atoms with van der Waals surface area (Å²) in [4.78, 5) is 0. The molecule has 0 spiro atoms. The van der Waals surface area contributed by atoms with Crippen molar-refractivity contribution in [1.29, 1.82) is 0 Å². The summed E-state index contributed by atoms with van der Waals surface area (Å²) in [5.74, 6) is 1.29. The third-order valence-electron chi connectivity index (χ3n) is 2.41. The Bertz CT molecular complexity index is 515. The van der Waals surface area contributed by atoms with Crippen LogP contribution in [0, 0.1) is 0 Å².